The Morgan fingerprint density at radius 1 is 0.240 bits per heavy atom. The van der Waals surface area contributed by atoms with Gasteiger partial charge in [-0.3, -0.25) is 0 Å². The number of rotatable bonds is 4. The fourth-order valence-electron chi connectivity index (χ4n) is 7.31. The van der Waals surface area contributed by atoms with E-state index in [-0.39, 0.29) is 0 Å². The Kier molecular flexibility index (Phi) is 6.49. The fourth-order valence-corrected chi connectivity index (χ4v) is 7.31. The van der Waals surface area contributed by atoms with E-state index in [9.17, 15) is 0 Å². The van der Waals surface area contributed by atoms with E-state index in [4.69, 9.17) is 15.0 Å². The third-order valence-electron chi connectivity index (χ3n) is 9.89. The van der Waals surface area contributed by atoms with Gasteiger partial charge in [-0.15, -0.1) is 0 Å². The number of aromatic nitrogens is 3. The van der Waals surface area contributed by atoms with Crippen molar-refractivity contribution in [1.82, 2.24) is 15.0 Å². The van der Waals surface area contributed by atoms with Crippen molar-refractivity contribution in [1.29, 1.82) is 0 Å². The molecule has 0 aliphatic carbocycles. The van der Waals surface area contributed by atoms with Crippen molar-refractivity contribution in [3.63, 3.8) is 0 Å². The highest BCUT2D eigenvalue weighted by Gasteiger charge is 2.16. The van der Waals surface area contributed by atoms with Crippen LogP contribution in [0.3, 0.4) is 0 Å². The second kappa shape index (κ2) is 11.5. The lowest BCUT2D eigenvalue weighted by molar-refractivity contribution is 1.08. The Labute approximate surface area is 289 Å². The maximum atomic E-state index is 5.16. The molecule has 0 saturated carbocycles. The van der Waals surface area contributed by atoms with Gasteiger partial charge in [0.25, 0.3) is 0 Å². The third kappa shape index (κ3) is 4.79. The Bertz CT molecular complexity index is 2930. The van der Waals surface area contributed by atoms with E-state index in [0.717, 1.165) is 33.0 Å². The van der Waals surface area contributed by atoms with Gasteiger partial charge >= 0.3 is 0 Å². The van der Waals surface area contributed by atoms with Crippen LogP contribution in [-0.2, 0) is 0 Å². The minimum absolute atomic E-state index is 0.645. The number of hydrogen-bond acceptors (Lipinski definition) is 3. The molecule has 50 heavy (non-hydrogen) atoms. The molecule has 0 radical (unpaired) electrons. The van der Waals surface area contributed by atoms with Gasteiger partial charge < -0.3 is 0 Å². The van der Waals surface area contributed by atoms with Crippen LogP contribution in [0.4, 0.5) is 0 Å². The molecular formula is C47H29N3. The van der Waals surface area contributed by atoms with E-state index in [1.807, 2.05) is 0 Å². The number of benzene rings is 9. The summed E-state index contributed by atoms with van der Waals surface area (Å²) in [4.78, 5) is 15.4. The van der Waals surface area contributed by atoms with Crippen LogP contribution in [0.2, 0.25) is 0 Å². The summed E-state index contributed by atoms with van der Waals surface area (Å²) in [5.74, 6) is 1.95. The average Bonchev–Trinajstić information content (AvgIpc) is 3.20. The van der Waals surface area contributed by atoms with Gasteiger partial charge in [-0.05, 0) is 77.1 Å². The number of fused-ring (bicyclic) bond motifs is 7. The molecule has 10 rings (SSSR count). The van der Waals surface area contributed by atoms with Crippen molar-refractivity contribution >= 4 is 53.9 Å². The zero-order valence-electron chi connectivity index (χ0n) is 27.1. The van der Waals surface area contributed by atoms with E-state index in [2.05, 4.69) is 176 Å². The van der Waals surface area contributed by atoms with Gasteiger partial charge in [0.2, 0.25) is 0 Å². The van der Waals surface area contributed by atoms with Crippen molar-refractivity contribution in [3.05, 3.63) is 176 Å². The first-order valence-electron chi connectivity index (χ1n) is 16.9. The summed E-state index contributed by atoms with van der Waals surface area (Å²) >= 11 is 0. The normalized spacial score (nSPS) is 11.6. The van der Waals surface area contributed by atoms with Gasteiger partial charge in [0, 0.05) is 16.7 Å². The SMILES string of the molecule is c1ccc2cc(-c3ccc(-c4nc(-c5ccc6ccccc6c5)nc(-c5cccc6c5ccc5c7ccccc7ccc65)n4)cc3)ccc2c1. The molecule has 1 heterocycles. The van der Waals surface area contributed by atoms with E-state index in [1.165, 1.54) is 48.7 Å². The second-order valence-corrected chi connectivity index (χ2v) is 12.9. The van der Waals surface area contributed by atoms with Crippen LogP contribution < -0.4 is 0 Å². The summed E-state index contributed by atoms with van der Waals surface area (Å²) in [7, 11) is 0. The Balaban J connectivity index is 1.14. The first kappa shape index (κ1) is 28.3. The summed E-state index contributed by atoms with van der Waals surface area (Å²) < 4.78 is 0. The molecule has 10 aromatic rings. The summed E-state index contributed by atoms with van der Waals surface area (Å²) in [6.45, 7) is 0. The van der Waals surface area contributed by atoms with E-state index < -0.39 is 0 Å². The Morgan fingerprint density at radius 2 is 0.700 bits per heavy atom. The molecule has 3 nitrogen and oxygen atoms in total. The highest BCUT2D eigenvalue weighted by Crippen LogP contribution is 2.36. The summed E-state index contributed by atoms with van der Waals surface area (Å²) in [5, 5.41) is 12.1. The number of hydrogen-bond donors (Lipinski definition) is 0. The van der Waals surface area contributed by atoms with Gasteiger partial charge in [0.05, 0.1) is 0 Å². The predicted octanol–water partition coefficient (Wildman–Crippen LogP) is 12.3. The highest BCUT2D eigenvalue weighted by molar-refractivity contribution is 6.19. The van der Waals surface area contributed by atoms with Crippen LogP contribution in [0.5, 0.6) is 0 Å². The summed E-state index contributed by atoms with van der Waals surface area (Å²) in [6, 6.07) is 62.4. The molecule has 0 aliphatic heterocycles. The molecule has 3 heteroatoms. The summed E-state index contributed by atoms with van der Waals surface area (Å²) in [6.07, 6.45) is 0. The summed E-state index contributed by atoms with van der Waals surface area (Å²) in [5.41, 5.74) is 5.21. The minimum Gasteiger partial charge on any atom is -0.208 e. The quantitative estimate of drug-likeness (QED) is 0.181. The molecule has 0 saturated heterocycles. The molecule has 0 bridgehead atoms. The van der Waals surface area contributed by atoms with E-state index >= 15 is 0 Å². The molecular weight excluding hydrogens is 607 g/mol. The zero-order valence-corrected chi connectivity index (χ0v) is 27.1. The topological polar surface area (TPSA) is 38.7 Å². The monoisotopic (exact) mass is 635 g/mol. The molecule has 0 amide bonds. The Morgan fingerprint density at radius 3 is 1.46 bits per heavy atom. The molecule has 1 aromatic heterocycles. The van der Waals surface area contributed by atoms with Gasteiger partial charge in [-0.2, -0.15) is 0 Å². The maximum absolute atomic E-state index is 5.16. The van der Waals surface area contributed by atoms with Crippen molar-refractivity contribution in [2.45, 2.75) is 0 Å². The van der Waals surface area contributed by atoms with Crippen LogP contribution in [0.15, 0.2) is 176 Å². The van der Waals surface area contributed by atoms with Crippen LogP contribution in [-0.4, -0.2) is 15.0 Å². The van der Waals surface area contributed by atoms with Crippen LogP contribution in [0.25, 0.3) is 99.2 Å². The first-order valence-corrected chi connectivity index (χ1v) is 16.9. The lowest BCUT2D eigenvalue weighted by Crippen LogP contribution is -2.00. The molecule has 0 spiro atoms. The van der Waals surface area contributed by atoms with Crippen molar-refractivity contribution < 1.29 is 0 Å². The van der Waals surface area contributed by atoms with Crippen molar-refractivity contribution in [3.8, 4) is 45.3 Å². The second-order valence-electron chi connectivity index (χ2n) is 12.9. The van der Waals surface area contributed by atoms with Gasteiger partial charge in [0.1, 0.15) is 0 Å². The zero-order chi connectivity index (χ0) is 33.0. The lowest BCUT2D eigenvalue weighted by atomic mass is 9.95. The molecule has 0 N–H and O–H groups in total. The number of nitrogens with zero attached hydrogens (tertiary/aromatic N) is 3. The largest absolute Gasteiger partial charge is 0.208 e. The molecule has 0 aliphatic rings. The third-order valence-corrected chi connectivity index (χ3v) is 9.89. The maximum Gasteiger partial charge on any atom is 0.164 e. The van der Waals surface area contributed by atoms with Crippen molar-refractivity contribution in [2.24, 2.45) is 0 Å². The molecule has 232 valence electrons. The smallest absolute Gasteiger partial charge is 0.164 e. The predicted molar refractivity (Wildman–Crippen MR) is 209 cm³/mol. The lowest BCUT2D eigenvalue weighted by Gasteiger charge is -2.13. The van der Waals surface area contributed by atoms with E-state index in [1.54, 1.807) is 0 Å². The van der Waals surface area contributed by atoms with Gasteiger partial charge in [-0.1, -0.05) is 164 Å². The van der Waals surface area contributed by atoms with Crippen LogP contribution >= 0.6 is 0 Å². The van der Waals surface area contributed by atoms with E-state index in [0.29, 0.717) is 17.5 Å². The highest BCUT2D eigenvalue weighted by atomic mass is 15.0. The minimum atomic E-state index is 0.645. The molecule has 9 aromatic carbocycles. The van der Waals surface area contributed by atoms with Crippen LogP contribution in [0, 0.1) is 0 Å². The fraction of sp³-hybridized carbons (Fsp3) is 0. The molecule has 0 unspecified atom stereocenters. The Hall–Kier alpha value is -6.71. The van der Waals surface area contributed by atoms with Gasteiger partial charge in [-0.25, -0.2) is 15.0 Å². The standard InChI is InChI=1S/C47H29N3/c1-3-11-35-28-37(22-18-30(35)8-1)32-16-20-34(21-17-32)45-48-46(38-23-19-31-9-2-4-12-36(31)29-38)50-47(49-45)44-15-7-14-40-42-25-24-33-10-5-6-13-39(33)41(42)26-27-43(40)44/h1-29H. The first-order chi connectivity index (χ1) is 24.7. The van der Waals surface area contributed by atoms with Crippen molar-refractivity contribution in [2.75, 3.05) is 0 Å². The average molecular weight is 636 g/mol. The van der Waals surface area contributed by atoms with Crippen LogP contribution in [0.1, 0.15) is 0 Å². The van der Waals surface area contributed by atoms with Gasteiger partial charge in [0.15, 0.2) is 17.5 Å². The molecule has 0 fully saturated rings. The molecule has 0 atom stereocenters.